The maximum absolute atomic E-state index is 5.50. The van der Waals surface area contributed by atoms with Gasteiger partial charge in [0, 0.05) is 26.4 Å². The quantitative estimate of drug-likeness (QED) is 0.794. The van der Waals surface area contributed by atoms with Crippen LogP contribution in [0.3, 0.4) is 0 Å². The molecule has 4 heteroatoms. The summed E-state index contributed by atoms with van der Waals surface area (Å²) in [5.41, 5.74) is 1.13. The SMILES string of the molecule is CNC(CCc1cnn(C)c1)C(C)(C)OC. The Bertz CT molecular complexity index is 320. The van der Waals surface area contributed by atoms with Crippen molar-refractivity contribution in [3.05, 3.63) is 18.0 Å². The minimum atomic E-state index is -0.142. The van der Waals surface area contributed by atoms with Crippen LogP contribution in [0.1, 0.15) is 25.8 Å². The largest absolute Gasteiger partial charge is 0.377 e. The van der Waals surface area contributed by atoms with Crippen molar-refractivity contribution in [3.8, 4) is 0 Å². The van der Waals surface area contributed by atoms with E-state index in [1.807, 2.05) is 25.0 Å². The number of methoxy groups -OCH3 is 1. The summed E-state index contributed by atoms with van der Waals surface area (Å²) in [7, 11) is 5.68. The maximum atomic E-state index is 5.50. The number of rotatable bonds is 6. The van der Waals surface area contributed by atoms with Crippen LogP contribution >= 0.6 is 0 Å². The van der Waals surface area contributed by atoms with Crippen molar-refractivity contribution in [1.82, 2.24) is 15.1 Å². The number of aromatic nitrogens is 2. The Hall–Kier alpha value is -0.870. The molecule has 0 saturated carbocycles. The molecule has 16 heavy (non-hydrogen) atoms. The molecule has 1 unspecified atom stereocenters. The van der Waals surface area contributed by atoms with Crippen molar-refractivity contribution in [2.45, 2.75) is 38.3 Å². The van der Waals surface area contributed by atoms with E-state index >= 15 is 0 Å². The molecule has 1 aromatic heterocycles. The lowest BCUT2D eigenvalue weighted by atomic mass is 9.93. The van der Waals surface area contributed by atoms with Crippen LogP contribution in [0.5, 0.6) is 0 Å². The van der Waals surface area contributed by atoms with Gasteiger partial charge in [-0.3, -0.25) is 4.68 Å². The smallest absolute Gasteiger partial charge is 0.0775 e. The predicted octanol–water partition coefficient (Wildman–Crippen LogP) is 1.37. The molecular formula is C12H23N3O. The molecule has 0 aliphatic carbocycles. The highest BCUT2D eigenvalue weighted by Crippen LogP contribution is 2.18. The topological polar surface area (TPSA) is 39.1 Å². The first-order valence-corrected chi connectivity index (χ1v) is 5.69. The third kappa shape index (κ3) is 3.32. The lowest BCUT2D eigenvalue weighted by Crippen LogP contribution is -2.46. The van der Waals surface area contributed by atoms with E-state index in [9.17, 15) is 0 Å². The van der Waals surface area contributed by atoms with Crippen molar-refractivity contribution in [3.63, 3.8) is 0 Å². The highest BCUT2D eigenvalue weighted by atomic mass is 16.5. The Morgan fingerprint density at radius 2 is 2.25 bits per heavy atom. The molecule has 92 valence electrons. The highest BCUT2D eigenvalue weighted by Gasteiger charge is 2.27. The first-order chi connectivity index (χ1) is 7.49. The van der Waals surface area contributed by atoms with Gasteiger partial charge in [0.05, 0.1) is 11.8 Å². The zero-order valence-electron chi connectivity index (χ0n) is 10.9. The molecule has 1 rings (SSSR count). The lowest BCUT2D eigenvalue weighted by molar-refractivity contribution is -0.0103. The van der Waals surface area contributed by atoms with E-state index in [0.29, 0.717) is 6.04 Å². The average Bonchev–Trinajstić information content (AvgIpc) is 2.65. The van der Waals surface area contributed by atoms with Crippen LogP contribution in [-0.2, 0) is 18.2 Å². The summed E-state index contributed by atoms with van der Waals surface area (Å²) >= 11 is 0. The summed E-state index contributed by atoms with van der Waals surface area (Å²) in [5, 5.41) is 7.49. The zero-order valence-corrected chi connectivity index (χ0v) is 10.9. The van der Waals surface area contributed by atoms with E-state index in [1.165, 1.54) is 5.56 Å². The van der Waals surface area contributed by atoms with Gasteiger partial charge in [-0.25, -0.2) is 0 Å². The molecule has 1 heterocycles. The first-order valence-electron chi connectivity index (χ1n) is 5.69. The standard InChI is InChI=1S/C12H23N3O/c1-12(2,16-5)11(13-3)7-6-10-8-14-15(4)9-10/h8-9,11,13H,6-7H2,1-5H3. The summed E-state index contributed by atoms with van der Waals surface area (Å²) in [6.07, 6.45) is 6.05. The minimum absolute atomic E-state index is 0.142. The highest BCUT2D eigenvalue weighted by molar-refractivity contribution is 5.04. The van der Waals surface area contributed by atoms with Crippen LogP contribution in [0, 0.1) is 0 Å². The summed E-state index contributed by atoms with van der Waals surface area (Å²) in [4.78, 5) is 0. The zero-order chi connectivity index (χ0) is 12.2. The normalized spacial score (nSPS) is 14.1. The van der Waals surface area contributed by atoms with Gasteiger partial charge in [-0.15, -0.1) is 0 Å². The molecule has 1 N–H and O–H groups in total. The molecule has 1 aromatic rings. The van der Waals surface area contributed by atoms with Gasteiger partial charge in [0.25, 0.3) is 0 Å². The Kier molecular flexibility index (Phi) is 4.50. The van der Waals surface area contributed by atoms with Crippen molar-refractivity contribution in [1.29, 1.82) is 0 Å². The number of likely N-dealkylation sites (N-methyl/N-ethyl adjacent to an activating group) is 1. The van der Waals surface area contributed by atoms with Crippen molar-refractivity contribution in [2.75, 3.05) is 14.2 Å². The summed E-state index contributed by atoms with van der Waals surface area (Å²) in [6.45, 7) is 4.22. The van der Waals surface area contributed by atoms with Gasteiger partial charge >= 0.3 is 0 Å². The predicted molar refractivity (Wildman–Crippen MR) is 65.5 cm³/mol. The molecule has 0 fully saturated rings. The second-order valence-electron chi connectivity index (χ2n) is 4.71. The van der Waals surface area contributed by atoms with Gasteiger partial charge in [0.15, 0.2) is 0 Å². The summed E-state index contributed by atoms with van der Waals surface area (Å²) < 4.78 is 7.34. The van der Waals surface area contributed by atoms with Crippen LogP contribution < -0.4 is 5.32 Å². The van der Waals surface area contributed by atoms with E-state index in [2.05, 4.69) is 30.5 Å². The number of nitrogens with one attached hydrogen (secondary N) is 1. The second kappa shape index (κ2) is 5.46. The number of hydrogen-bond acceptors (Lipinski definition) is 3. The molecule has 0 amide bonds. The molecule has 1 atom stereocenters. The first kappa shape index (κ1) is 13.2. The van der Waals surface area contributed by atoms with Crippen LogP contribution in [0.15, 0.2) is 12.4 Å². The Morgan fingerprint density at radius 1 is 1.56 bits per heavy atom. The fraction of sp³-hybridized carbons (Fsp3) is 0.750. The van der Waals surface area contributed by atoms with E-state index < -0.39 is 0 Å². The van der Waals surface area contributed by atoms with E-state index in [4.69, 9.17) is 4.74 Å². The molecule has 0 bridgehead atoms. The van der Waals surface area contributed by atoms with Gasteiger partial charge < -0.3 is 10.1 Å². The molecule has 0 aromatic carbocycles. The van der Waals surface area contributed by atoms with Crippen molar-refractivity contribution in [2.24, 2.45) is 7.05 Å². The second-order valence-corrected chi connectivity index (χ2v) is 4.71. The molecular weight excluding hydrogens is 202 g/mol. The van der Waals surface area contributed by atoms with Gasteiger partial charge in [-0.05, 0) is 39.3 Å². The Labute approximate surface area is 98.0 Å². The number of hydrogen-bond donors (Lipinski definition) is 1. The van der Waals surface area contributed by atoms with Crippen molar-refractivity contribution >= 4 is 0 Å². The van der Waals surface area contributed by atoms with Crippen LogP contribution in [0.4, 0.5) is 0 Å². The van der Waals surface area contributed by atoms with Gasteiger partial charge in [-0.1, -0.05) is 0 Å². The maximum Gasteiger partial charge on any atom is 0.0775 e. The fourth-order valence-corrected chi connectivity index (χ4v) is 1.89. The number of ether oxygens (including phenoxy) is 1. The Balaban J connectivity index is 2.52. The minimum Gasteiger partial charge on any atom is -0.377 e. The van der Waals surface area contributed by atoms with E-state index in [-0.39, 0.29) is 5.60 Å². The van der Waals surface area contributed by atoms with Crippen LogP contribution in [-0.4, -0.2) is 35.6 Å². The fourth-order valence-electron chi connectivity index (χ4n) is 1.89. The third-order valence-corrected chi connectivity index (χ3v) is 3.19. The lowest BCUT2D eigenvalue weighted by Gasteiger charge is -2.32. The van der Waals surface area contributed by atoms with Crippen LogP contribution in [0.25, 0.3) is 0 Å². The van der Waals surface area contributed by atoms with Gasteiger partial charge in [0.1, 0.15) is 0 Å². The third-order valence-electron chi connectivity index (χ3n) is 3.19. The monoisotopic (exact) mass is 225 g/mol. The number of nitrogens with zero attached hydrogens (tertiary/aromatic N) is 2. The van der Waals surface area contributed by atoms with Gasteiger partial charge in [0.2, 0.25) is 0 Å². The van der Waals surface area contributed by atoms with Crippen molar-refractivity contribution < 1.29 is 4.74 Å². The molecule has 0 radical (unpaired) electrons. The Morgan fingerprint density at radius 3 is 2.69 bits per heavy atom. The van der Waals surface area contributed by atoms with Crippen LogP contribution in [0.2, 0.25) is 0 Å². The molecule has 0 aliphatic rings. The van der Waals surface area contributed by atoms with E-state index in [1.54, 1.807) is 7.11 Å². The summed E-state index contributed by atoms with van der Waals surface area (Å²) in [5.74, 6) is 0. The molecule has 0 saturated heterocycles. The number of aryl methyl sites for hydroxylation is 2. The van der Waals surface area contributed by atoms with Gasteiger partial charge in [-0.2, -0.15) is 5.10 Å². The molecule has 0 aliphatic heterocycles. The molecule has 4 nitrogen and oxygen atoms in total. The summed E-state index contributed by atoms with van der Waals surface area (Å²) in [6, 6.07) is 0.345. The average molecular weight is 225 g/mol. The molecule has 0 spiro atoms. The van der Waals surface area contributed by atoms with E-state index in [0.717, 1.165) is 12.8 Å².